The van der Waals surface area contributed by atoms with Gasteiger partial charge in [-0.25, -0.2) is 0 Å². The van der Waals surface area contributed by atoms with Gasteiger partial charge in [0, 0.05) is 15.6 Å². The lowest BCUT2D eigenvalue weighted by molar-refractivity contribution is 0.393. The summed E-state index contributed by atoms with van der Waals surface area (Å²) in [5, 5.41) is 4.22. The maximum absolute atomic E-state index is 6.49. The minimum Gasteiger partial charge on any atom is -0.497 e. The number of rotatable bonds is 10. The number of hydrogen-bond acceptors (Lipinski definition) is 6. The summed E-state index contributed by atoms with van der Waals surface area (Å²) in [6, 6.07) is 6.41. The highest BCUT2D eigenvalue weighted by atomic mass is 28.3. The van der Waals surface area contributed by atoms with E-state index in [9.17, 15) is 0 Å². The van der Waals surface area contributed by atoms with Crippen LogP contribution < -0.4 is 44.0 Å². The van der Waals surface area contributed by atoms with E-state index >= 15 is 0 Å². The highest BCUT2D eigenvalue weighted by Gasteiger charge is 2.58. The van der Waals surface area contributed by atoms with Gasteiger partial charge in [-0.05, 0) is 125 Å². The Morgan fingerprint density at radius 3 is 0.978 bits per heavy atom. The van der Waals surface area contributed by atoms with Gasteiger partial charge in [-0.2, -0.15) is 0 Å². The topological polar surface area (TPSA) is 55.4 Å². The lowest BCUT2D eigenvalue weighted by atomic mass is 10.1. The molecular weight excluding hydrogens is 593 g/mol. The van der Waals surface area contributed by atoms with Crippen molar-refractivity contribution in [1.82, 2.24) is 0 Å². The molecule has 1 atom stereocenters. The van der Waals surface area contributed by atoms with E-state index in [1.54, 1.807) is 42.7 Å². The molecule has 1 aliphatic rings. The van der Waals surface area contributed by atoms with Crippen molar-refractivity contribution >= 4 is 23.6 Å². The van der Waals surface area contributed by atoms with Crippen LogP contribution in [0.25, 0.3) is 0 Å². The summed E-state index contributed by atoms with van der Waals surface area (Å²) in [6.45, 7) is 21.7. The Hall–Kier alpha value is -3.84. The predicted molar refractivity (Wildman–Crippen MR) is 192 cm³/mol. The highest BCUT2D eigenvalue weighted by Crippen LogP contribution is 2.48. The minimum absolute atomic E-state index is 0.0785. The van der Waals surface area contributed by atoms with Gasteiger partial charge in [0.1, 0.15) is 34.5 Å². The van der Waals surface area contributed by atoms with Crippen molar-refractivity contribution in [1.29, 1.82) is 0 Å². The summed E-state index contributed by atoms with van der Waals surface area (Å²) in [6.07, 6.45) is 0. The molecule has 0 radical (unpaired) electrons. The normalized spacial score (nSPS) is 15.0. The molecule has 0 amide bonds. The SMILES string of the molecule is COc1cc(C)c(C)c(OC)c1[Si](C1=C(C)C(C)=C(C)C1C)(c1c(OC)cc(C)c(C)c1OC)c1c(OC)cc(C)c(C)c1OC. The number of methoxy groups -OCH3 is 6. The van der Waals surface area contributed by atoms with Gasteiger partial charge in [0.25, 0.3) is 0 Å². The lowest BCUT2D eigenvalue weighted by Crippen LogP contribution is -2.71. The monoisotopic (exact) mass is 644 g/mol. The number of hydrogen-bond donors (Lipinski definition) is 0. The zero-order valence-corrected chi connectivity index (χ0v) is 31.8. The molecule has 4 rings (SSSR count). The molecule has 7 heteroatoms. The molecule has 1 aliphatic carbocycles. The van der Waals surface area contributed by atoms with Crippen molar-refractivity contribution in [3.05, 3.63) is 73.5 Å². The van der Waals surface area contributed by atoms with Gasteiger partial charge < -0.3 is 28.4 Å². The van der Waals surface area contributed by atoms with Crippen LogP contribution in [-0.2, 0) is 0 Å². The van der Waals surface area contributed by atoms with Gasteiger partial charge in [0.15, 0.2) is 0 Å². The summed E-state index contributed by atoms with van der Waals surface area (Å²) in [4.78, 5) is 0. The number of benzene rings is 3. The van der Waals surface area contributed by atoms with Crippen LogP contribution >= 0.6 is 0 Å². The van der Waals surface area contributed by atoms with Crippen LogP contribution in [0, 0.1) is 47.5 Å². The maximum Gasteiger partial charge on any atom is 0.203 e. The first kappa shape index (κ1) is 35.0. The maximum atomic E-state index is 6.49. The first-order valence-electron chi connectivity index (χ1n) is 15.8. The molecule has 0 heterocycles. The number of aryl methyl sites for hydroxylation is 3. The van der Waals surface area contributed by atoms with Crippen LogP contribution in [0.1, 0.15) is 61.1 Å². The van der Waals surface area contributed by atoms with Crippen molar-refractivity contribution in [2.75, 3.05) is 42.7 Å². The lowest BCUT2D eigenvalue weighted by Gasteiger charge is -2.43. The van der Waals surface area contributed by atoms with Gasteiger partial charge in [0.05, 0.1) is 42.7 Å². The fraction of sp³-hybridized carbons (Fsp3) is 0.436. The second-order valence-corrected chi connectivity index (χ2v) is 16.1. The van der Waals surface area contributed by atoms with Crippen LogP contribution in [0.15, 0.2) is 40.1 Å². The average Bonchev–Trinajstić information content (AvgIpc) is 3.24. The third kappa shape index (κ3) is 4.89. The fourth-order valence-corrected chi connectivity index (χ4v) is 14.3. The number of allylic oxidation sites excluding steroid dienone is 4. The smallest absolute Gasteiger partial charge is 0.203 e. The van der Waals surface area contributed by atoms with Crippen molar-refractivity contribution in [2.45, 2.75) is 69.2 Å². The fourth-order valence-electron chi connectivity index (χ4n) is 7.63. The second-order valence-electron chi connectivity index (χ2n) is 12.6. The van der Waals surface area contributed by atoms with Crippen molar-refractivity contribution in [3.8, 4) is 34.5 Å². The largest absolute Gasteiger partial charge is 0.497 e. The molecule has 0 N–H and O–H groups in total. The highest BCUT2D eigenvalue weighted by molar-refractivity contribution is 7.18. The molecule has 46 heavy (non-hydrogen) atoms. The first-order chi connectivity index (χ1) is 21.7. The Kier molecular flexibility index (Phi) is 9.98. The van der Waals surface area contributed by atoms with Crippen LogP contribution in [0.4, 0.5) is 0 Å². The van der Waals surface area contributed by atoms with Gasteiger partial charge in [-0.15, -0.1) is 0 Å². The standard InChI is InChI=1S/C39H52O6Si/c1-20-17-30(40-11)37(33(43-14)23(20)4)46(36-28(9)26(7)27(8)29(36)10,38-31(41-12)18-21(2)24(5)34(38)44-15)39-32(42-13)19-22(3)25(6)35(39)45-16/h17-19,28H,1-16H3. The summed E-state index contributed by atoms with van der Waals surface area (Å²) < 4.78 is 38.7. The summed E-state index contributed by atoms with van der Waals surface area (Å²) in [5.74, 6) is 4.64. The quantitative estimate of drug-likeness (QED) is 0.177. The summed E-state index contributed by atoms with van der Waals surface area (Å²) in [5.41, 5.74) is 10.2. The van der Waals surface area contributed by atoms with E-state index in [-0.39, 0.29) is 5.92 Å². The third-order valence-corrected chi connectivity index (χ3v) is 16.0. The van der Waals surface area contributed by atoms with E-state index in [2.05, 4.69) is 87.4 Å². The molecule has 0 saturated heterocycles. The molecule has 0 aromatic heterocycles. The van der Waals surface area contributed by atoms with Crippen LogP contribution in [0.2, 0.25) is 0 Å². The molecule has 0 bridgehead atoms. The molecule has 0 aliphatic heterocycles. The molecule has 0 fully saturated rings. The van der Waals surface area contributed by atoms with E-state index in [4.69, 9.17) is 28.4 Å². The van der Waals surface area contributed by atoms with E-state index in [1.165, 1.54) is 21.9 Å². The van der Waals surface area contributed by atoms with Crippen molar-refractivity contribution < 1.29 is 28.4 Å². The molecule has 0 spiro atoms. The molecule has 3 aromatic rings. The zero-order chi connectivity index (χ0) is 34.4. The zero-order valence-electron chi connectivity index (χ0n) is 30.8. The van der Waals surface area contributed by atoms with E-state index in [1.807, 2.05) is 0 Å². The molecule has 248 valence electrons. The molecule has 6 nitrogen and oxygen atoms in total. The van der Waals surface area contributed by atoms with Gasteiger partial charge >= 0.3 is 0 Å². The van der Waals surface area contributed by atoms with Crippen molar-refractivity contribution in [2.24, 2.45) is 5.92 Å². The van der Waals surface area contributed by atoms with Gasteiger partial charge in [-0.3, -0.25) is 0 Å². The van der Waals surface area contributed by atoms with Crippen LogP contribution in [0.3, 0.4) is 0 Å². The molecule has 0 saturated carbocycles. The van der Waals surface area contributed by atoms with Gasteiger partial charge in [-0.1, -0.05) is 23.3 Å². The summed E-state index contributed by atoms with van der Waals surface area (Å²) in [7, 11) is 6.81. The van der Waals surface area contributed by atoms with E-state index in [0.29, 0.717) is 0 Å². The van der Waals surface area contributed by atoms with Crippen LogP contribution in [-0.4, -0.2) is 50.7 Å². The van der Waals surface area contributed by atoms with E-state index in [0.717, 1.165) is 83.4 Å². The summed E-state index contributed by atoms with van der Waals surface area (Å²) >= 11 is 0. The van der Waals surface area contributed by atoms with E-state index < -0.39 is 8.07 Å². The Morgan fingerprint density at radius 2 is 0.761 bits per heavy atom. The molecule has 3 aromatic carbocycles. The number of ether oxygens (including phenoxy) is 6. The first-order valence-corrected chi connectivity index (χ1v) is 17.8. The third-order valence-electron chi connectivity index (χ3n) is 10.7. The Balaban J connectivity index is 2.63. The Bertz CT molecular complexity index is 1600. The predicted octanol–water partition coefficient (Wildman–Crippen LogP) is 6.90. The van der Waals surface area contributed by atoms with Gasteiger partial charge in [0.2, 0.25) is 8.07 Å². The van der Waals surface area contributed by atoms with Crippen LogP contribution in [0.5, 0.6) is 34.5 Å². The van der Waals surface area contributed by atoms with Crippen molar-refractivity contribution in [3.63, 3.8) is 0 Å². The molecule has 1 unspecified atom stereocenters. The second kappa shape index (κ2) is 13.1. The molecular formula is C39H52O6Si. The average molecular weight is 645 g/mol. The minimum atomic E-state index is -3.67. The Labute approximate surface area is 277 Å². The Morgan fingerprint density at radius 1 is 0.457 bits per heavy atom.